The van der Waals surface area contributed by atoms with Crippen LogP contribution in [0.4, 0.5) is 5.69 Å². The Morgan fingerprint density at radius 3 is 2.64 bits per heavy atom. The molecule has 1 heterocycles. The molecule has 1 aliphatic rings. The highest BCUT2D eigenvalue weighted by Crippen LogP contribution is 2.38. The Labute approximate surface area is 213 Å². The van der Waals surface area contributed by atoms with Gasteiger partial charge in [0.1, 0.15) is 6.61 Å². The minimum atomic E-state index is -0.257. The van der Waals surface area contributed by atoms with Gasteiger partial charge in [0.15, 0.2) is 16.7 Å². The Morgan fingerprint density at radius 2 is 1.88 bits per heavy atom. The Bertz CT molecular complexity index is 1270. The fourth-order valence-electron chi connectivity index (χ4n) is 2.98. The van der Waals surface area contributed by atoms with Crippen LogP contribution in [-0.4, -0.2) is 18.2 Å². The van der Waals surface area contributed by atoms with Gasteiger partial charge >= 0.3 is 0 Å². The van der Waals surface area contributed by atoms with Crippen LogP contribution in [0.15, 0.2) is 75.0 Å². The molecule has 4 rings (SSSR count). The highest BCUT2D eigenvalue weighted by molar-refractivity contribution is 9.10. The number of amides is 1. The number of ether oxygens (including phenoxy) is 2. The predicted octanol–water partition coefficient (Wildman–Crippen LogP) is 7.24. The molecule has 3 aromatic rings. The van der Waals surface area contributed by atoms with Crippen molar-refractivity contribution in [1.29, 1.82) is 0 Å². The zero-order valence-corrected chi connectivity index (χ0v) is 21.2. The van der Waals surface area contributed by atoms with Gasteiger partial charge in [-0.3, -0.25) is 4.79 Å². The minimum absolute atomic E-state index is 0.257. The van der Waals surface area contributed by atoms with Gasteiger partial charge in [0, 0.05) is 4.47 Å². The first-order chi connectivity index (χ1) is 15.9. The number of hydrogen-bond acceptors (Lipinski definition) is 5. The lowest BCUT2D eigenvalue weighted by Crippen LogP contribution is -2.19. The van der Waals surface area contributed by atoms with E-state index >= 15 is 0 Å². The second-order valence-electron chi connectivity index (χ2n) is 6.85. The molecule has 0 atom stereocenters. The van der Waals surface area contributed by atoms with E-state index in [0.29, 0.717) is 43.9 Å². The maximum Gasteiger partial charge on any atom is 0.264 e. The van der Waals surface area contributed by atoms with Gasteiger partial charge in [0.2, 0.25) is 0 Å². The molecule has 0 spiro atoms. The van der Waals surface area contributed by atoms with Crippen molar-refractivity contribution in [2.75, 3.05) is 7.11 Å². The second-order valence-corrected chi connectivity index (χ2v) is 9.52. The standard InChI is InChI=1S/C24H17BrCl2N2O3S/c1-31-19-10-15(16(25)12-20(19)32-13-14-6-3-2-4-7-14)11-21-23(30)29-24(33-21)28-18-9-5-8-17(26)22(18)27/h2-12H,13H2,1H3,(H,28,29,30)/b21-11+. The van der Waals surface area contributed by atoms with Crippen molar-refractivity contribution in [3.63, 3.8) is 0 Å². The second kappa shape index (κ2) is 10.7. The van der Waals surface area contributed by atoms with Gasteiger partial charge in [-0.15, -0.1) is 0 Å². The number of rotatable bonds is 6. The van der Waals surface area contributed by atoms with Crippen molar-refractivity contribution in [2.24, 2.45) is 4.99 Å². The number of nitrogens with zero attached hydrogens (tertiary/aromatic N) is 1. The van der Waals surface area contributed by atoms with E-state index in [-0.39, 0.29) is 5.91 Å². The van der Waals surface area contributed by atoms with Gasteiger partial charge in [-0.2, -0.15) is 0 Å². The molecular weight excluding hydrogens is 547 g/mol. The zero-order chi connectivity index (χ0) is 23.4. The summed E-state index contributed by atoms with van der Waals surface area (Å²) in [5, 5.41) is 3.90. The van der Waals surface area contributed by atoms with Crippen molar-refractivity contribution in [1.82, 2.24) is 5.32 Å². The molecule has 33 heavy (non-hydrogen) atoms. The lowest BCUT2D eigenvalue weighted by Gasteiger charge is -2.13. The molecule has 1 aliphatic heterocycles. The number of thioether (sulfide) groups is 1. The van der Waals surface area contributed by atoms with Gasteiger partial charge in [-0.05, 0) is 53.2 Å². The van der Waals surface area contributed by atoms with Crippen LogP contribution in [-0.2, 0) is 11.4 Å². The molecular formula is C24H17BrCl2N2O3S. The molecule has 3 aromatic carbocycles. The smallest absolute Gasteiger partial charge is 0.264 e. The quantitative estimate of drug-likeness (QED) is 0.321. The summed E-state index contributed by atoms with van der Waals surface area (Å²) in [7, 11) is 1.58. The van der Waals surface area contributed by atoms with E-state index in [4.69, 9.17) is 32.7 Å². The molecule has 0 aliphatic carbocycles. The van der Waals surface area contributed by atoms with Gasteiger partial charge in [0.05, 0.1) is 27.7 Å². The molecule has 9 heteroatoms. The number of hydrogen-bond donors (Lipinski definition) is 1. The molecule has 1 amide bonds. The van der Waals surface area contributed by atoms with Crippen LogP contribution in [0.5, 0.6) is 11.5 Å². The lowest BCUT2D eigenvalue weighted by atomic mass is 10.2. The Kier molecular flexibility index (Phi) is 7.65. The first kappa shape index (κ1) is 23.7. The van der Waals surface area contributed by atoms with Crippen LogP contribution in [0.25, 0.3) is 6.08 Å². The summed E-state index contributed by atoms with van der Waals surface area (Å²) in [6, 6.07) is 18.7. The Balaban J connectivity index is 1.56. The van der Waals surface area contributed by atoms with Crippen LogP contribution < -0.4 is 14.8 Å². The lowest BCUT2D eigenvalue weighted by molar-refractivity contribution is -0.115. The average Bonchev–Trinajstić information content (AvgIpc) is 3.16. The molecule has 1 saturated heterocycles. The highest BCUT2D eigenvalue weighted by atomic mass is 79.9. The van der Waals surface area contributed by atoms with Crippen LogP contribution in [0.2, 0.25) is 10.0 Å². The summed E-state index contributed by atoms with van der Waals surface area (Å²) in [6.07, 6.45) is 1.76. The summed E-state index contributed by atoms with van der Waals surface area (Å²) in [5.74, 6) is 0.896. The van der Waals surface area contributed by atoms with E-state index in [1.807, 2.05) is 42.5 Å². The van der Waals surface area contributed by atoms with Crippen LogP contribution >= 0.6 is 50.9 Å². The van der Waals surface area contributed by atoms with Gasteiger partial charge in [-0.1, -0.05) is 75.5 Å². The van der Waals surface area contributed by atoms with E-state index in [1.165, 1.54) is 11.8 Å². The summed E-state index contributed by atoms with van der Waals surface area (Å²) in [4.78, 5) is 17.4. The molecule has 1 N–H and O–H groups in total. The van der Waals surface area contributed by atoms with Crippen molar-refractivity contribution in [3.05, 3.63) is 91.2 Å². The molecule has 0 unspecified atom stereocenters. The Morgan fingerprint density at radius 1 is 1.09 bits per heavy atom. The number of aliphatic imine (C=N–C) groups is 1. The SMILES string of the molecule is COc1cc(/C=C2/SC(=Nc3cccc(Cl)c3Cl)NC2=O)c(Br)cc1OCc1ccccc1. The van der Waals surface area contributed by atoms with E-state index in [1.54, 1.807) is 31.4 Å². The fraction of sp³-hybridized carbons (Fsp3) is 0.0833. The van der Waals surface area contributed by atoms with Crippen LogP contribution in [0.3, 0.4) is 0 Å². The molecule has 168 valence electrons. The molecule has 0 saturated carbocycles. The Hall–Kier alpha value is -2.45. The van der Waals surface area contributed by atoms with Crippen molar-refractivity contribution in [3.8, 4) is 11.5 Å². The average molecular weight is 564 g/mol. The maximum atomic E-state index is 12.5. The van der Waals surface area contributed by atoms with E-state index in [0.717, 1.165) is 15.6 Å². The van der Waals surface area contributed by atoms with E-state index < -0.39 is 0 Å². The van der Waals surface area contributed by atoms with Gasteiger partial charge in [0.25, 0.3) is 5.91 Å². The van der Waals surface area contributed by atoms with Crippen molar-refractivity contribution >= 4 is 73.7 Å². The van der Waals surface area contributed by atoms with E-state index in [2.05, 4.69) is 26.2 Å². The van der Waals surface area contributed by atoms with Crippen LogP contribution in [0.1, 0.15) is 11.1 Å². The summed E-state index contributed by atoms with van der Waals surface area (Å²) in [5.41, 5.74) is 2.29. The molecule has 1 fully saturated rings. The third-order valence-corrected chi connectivity index (χ3v) is 7.02. The zero-order valence-electron chi connectivity index (χ0n) is 17.3. The molecule has 0 aromatic heterocycles. The largest absolute Gasteiger partial charge is 0.493 e. The number of benzene rings is 3. The number of amidine groups is 1. The minimum Gasteiger partial charge on any atom is -0.493 e. The number of methoxy groups -OCH3 is 1. The summed E-state index contributed by atoms with van der Waals surface area (Å²) < 4.78 is 12.2. The molecule has 0 radical (unpaired) electrons. The van der Waals surface area contributed by atoms with Crippen molar-refractivity contribution < 1.29 is 14.3 Å². The third kappa shape index (κ3) is 5.73. The normalized spacial score (nSPS) is 15.7. The first-order valence-corrected chi connectivity index (χ1v) is 12.1. The van der Waals surface area contributed by atoms with Gasteiger partial charge in [-0.25, -0.2) is 4.99 Å². The third-order valence-electron chi connectivity index (χ3n) is 4.61. The maximum absolute atomic E-state index is 12.5. The van der Waals surface area contributed by atoms with Gasteiger partial charge < -0.3 is 14.8 Å². The number of nitrogens with one attached hydrogen (secondary N) is 1. The van der Waals surface area contributed by atoms with E-state index in [9.17, 15) is 4.79 Å². The number of halogens is 3. The highest BCUT2D eigenvalue weighted by Gasteiger charge is 2.25. The topological polar surface area (TPSA) is 59.9 Å². The first-order valence-electron chi connectivity index (χ1n) is 9.72. The molecule has 0 bridgehead atoms. The number of carbonyl (C=O) groups excluding carboxylic acids is 1. The van der Waals surface area contributed by atoms with Crippen molar-refractivity contribution in [2.45, 2.75) is 6.61 Å². The predicted molar refractivity (Wildman–Crippen MR) is 139 cm³/mol. The number of carbonyl (C=O) groups is 1. The fourth-order valence-corrected chi connectivity index (χ4v) is 4.58. The summed E-state index contributed by atoms with van der Waals surface area (Å²) >= 11 is 17.0. The van der Waals surface area contributed by atoms with Crippen LogP contribution in [0, 0.1) is 0 Å². The molecule has 5 nitrogen and oxygen atoms in total. The monoisotopic (exact) mass is 562 g/mol. The summed E-state index contributed by atoms with van der Waals surface area (Å²) in [6.45, 7) is 0.411.